The maximum absolute atomic E-state index is 12.1. The highest BCUT2D eigenvalue weighted by Gasteiger charge is 2.19. The van der Waals surface area contributed by atoms with Crippen molar-refractivity contribution in [1.29, 1.82) is 0 Å². The molecule has 0 saturated heterocycles. The van der Waals surface area contributed by atoms with Crippen molar-refractivity contribution >= 4 is 42.8 Å². The van der Waals surface area contributed by atoms with Crippen molar-refractivity contribution in [3.63, 3.8) is 0 Å². The van der Waals surface area contributed by atoms with Crippen molar-refractivity contribution in [2.45, 2.75) is 38.1 Å². The van der Waals surface area contributed by atoms with E-state index in [1.54, 1.807) is 31.4 Å². The molecule has 2 heterocycles. The molecule has 3 aromatic rings. The number of nitrogens with one attached hydrogen (secondary N) is 1. The van der Waals surface area contributed by atoms with Gasteiger partial charge in [-0.3, -0.25) is 4.57 Å². The van der Waals surface area contributed by atoms with Crippen molar-refractivity contribution in [2.24, 2.45) is 0 Å². The van der Waals surface area contributed by atoms with Gasteiger partial charge >= 0.3 is 6.09 Å². The van der Waals surface area contributed by atoms with Crippen LogP contribution in [0.2, 0.25) is 0 Å². The minimum absolute atomic E-state index is 0.166. The Morgan fingerprint density at radius 1 is 1.24 bits per heavy atom. The van der Waals surface area contributed by atoms with E-state index in [1.165, 1.54) is 6.20 Å². The second kappa shape index (κ2) is 7.75. The monoisotopic (exact) mass is 480 g/mol. The van der Waals surface area contributed by atoms with E-state index in [0.29, 0.717) is 11.5 Å². The van der Waals surface area contributed by atoms with Gasteiger partial charge in [0.25, 0.3) is 0 Å². The number of benzene rings is 1. The molecule has 0 unspecified atom stereocenters. The molecule has 1 amide bonds. The number of ether oxygens (including phenoxy) is 1. The van der Waals surface area contributed by atoms with E-state index in [1.807, 2.05) is 24.3 Å². The van der Waals surface area contributed by atoms with Crippen LogP contribution in [0, 0.1) is 0 Å². The molecule has 0 bridgehead atoms. The predicted molar refractivity (Wildman–Crippen MR) is 113 cm³/mol. The number of carbonyl (C=O) groups excluding carboxylic acids is 1. The molecule has 8 nitrogen and oxygen atoms in total. The quantitative estimate of drug-likeness (QED) is 0.572. The van der Waals surface area contributed by atoms with Crippen LogP contribution in [0.4, 0.5) is 4.79 Å². The number of halogens is 1. The van der Waals surface area contributed by atoms with Gasteiger partial charge in [0.05, 0.1) is 12.1 Å². The molecule has 0 atom stereocenters. The first-order valence-corrected chi connectivity index (χ1v) is 11.4. The lowest BCUT2D eigenvalue weighted by Gasteiger charge is -2.20. The molecular formula is C19H21BrN4O4S. The zero-order valence-corrected chi connectivity index (χ0v) is 18.8. The molecule has 0 radical (unpaired) electrons. The predicted octanol–water partition coefficient (Wildman–Crippen LogP) is 3.61. The van der Waals surface area contributed by atoms with E-state index >= 15 is 0 Å². The van der Waals surface area contributed by atoms with Crippen molar-refractivity contribution in [2.75, 3.05) is 6.26 Å². The second-order valence-electron chi connectivity index (χ2n) is 7.50. The van der Waals surface area contributed by atoms with E-state index in [0.717, 1.165) is 21.6 Å². The lowest BCUT2D eigenvalue weighted by atomic mass is 10.2. The zero-order valence-electron chi connectivity index (χ0n) is 16.4. The van der Waals surface area contributed by atoms with Crippen LogP contribution in [0.25, 0.3) is 16.7 Å². The molecule has 0 aliphatic rings. The van der Waals surface area contributed by atoms with Gasteiger partial charge in [-0.1, -0.05) is 22.0 Å². The Morgan fingerprint density at radius 3 is 2.62 bits per heavy atom. The summed E-state index contributed by atoms with van der Waals surface area (Å²) >= 11 is 3.46. The lowest BCUT2D eigenvalue weighted by molar-refractivity contribution is 0.0522. The summed E-state index contributed by atoms with van der Waals surface area (Å²) in [5, 5.41) is 3.38. The Hall–Kier alpha value is -2.46. The van der Waals surface area contributed by atoms with Gasteiger partial charge in [-0.05, 0) is 45.0 Å². The van der Waals surface area contributed by atoms with Crippen LogP contribution in [-0.4, -0.2) is 40.9 Å². The van der Waals surface area contributed by atoms with Crippen LogP contribution >= 0.6 is 15.9 Å². The molecule has 0 aliphatic heterocycles. The Bertz CT molecular complexity index is 1180. The van der Waals surface area contributed by atoms with E-state index in [2.05, 4.69) is 31.2 Å². The fourth-order valence-electron chi connectivity index (χ4n) is 2.74. The molecule has 154 valence electrons. The summed E-state index contributed by atoms with van der Waals surface area (Å²) in [4.78, 5) is 20.1. The molecule has 3 rings (SSSR count). The van der Waals surface area contributed by atoms with Crippen LogP contribution in [0.5, 0.6) is 0 Å². The molecule has 2 aromatic heterocycles. The van der Waals surface area contributed by atoms with E-state index in [9.17, 15) is 13.2 Å². The standard InChI is InChI=1S/C19H21BrN4O4S/c1-19(2,3)28-18(25)22-11-14-9-12-5-6-13(20)10-15(12)24(14)16-7-8-21-17(23-16)29(4,26)27/h5-10H,11H2,1-4H3,(H,22,25). The first kappa shape index (κ1) is 21.3. The summed E-state index contributed by atoms with van der Waals surface area (Å²) in [6, 6.07) is 9.24. The van der Waals surface area contributed by atoms with Gasteiger partial charge in [0, 0.05) is 28.0 Å². The van der Waals surface area contributed by atoms with Crippen molar-refractivity contribution in [3.8, 4) is 5.82 Å². The average Bonchev–Trinajstić information content (AvgIpc) is 2.95. The normalized spacial score (nSPS) is 12.2. The number of amides is 1. The largest absolute Gasteiger partial charge is 0.444 e. The highest BCUT2D eigenvalue weighted by atomic mass is 79.9. The van der Waals surface area contributed by atoms with Crippen molar-refractivity contribution < 1.29 is 17.9 Å². The summed E-state index contributed by atoms with van der Waals surface area (Å²) < 4.78 is 31.7. The molecule has 29 heavy (non-hydrogen) atoms. The van der Waals surface area contributed by atoms with E-state index < -0.39 is 21.5 Å². The fraction of sp³-hybridized carbons (Fsp3) is 0.316. The van der Waals surface area contributed by atoms with Crippen molar-refractivity contribution in [1.82, 2.24) is 19.9 Å². The highest BCUT2D eigenvalue weighted by molar-refractivity contribution is 9.10. The number of hydrogen-bond donors (Lipinski definition) is 1. The minimum atomic E-state index is -3.57. The molecule has 0 saturated carbocycles. The number of fused-ring (bicyclic) bond motifs is 1. The maximum Gasteiger partial charge on any atom is 0.407 e. The number of nitrogens with zero attached hydrogens (tertiary/aromatic N) is 3. The Labute approximate surface area is 177 Å². The summed E-state index contributed by atoms with van der Waals surface area (Å²) in [5.74, 6) is 0.384. The van der Waals surface area contributed by atoms with Gasteiger partial charge in [-0.2, -0.15) is 0 Å². The highest BCUT2D eigenvalue weighted by Crippen LogP contribution is 2.27. The van der Waals surface area contributed by atoms with Crippen LogP contribution in [0.1, 0.15) is 26.5 Å². The molecule has 0 spiro atoms. The summed E-state index contributed by atoms with van der Waals surface area (Å²) in [7, 11) is -3.57. The lowest BCUT2D eigenvalue weighted by Crippen LogP contribution is -2.32. The summed E-state index contributed by atoms with van der Waals surface area (Å²) in [5.41, 5.74) is 0.902. The molecule has 1 N–H and O–H groups in total. The fourth-order valence-corrected chi connectivity index (χ4v) is 3.60. The number of aromatic nitrogens is 3. The van der Waals surface area contributed by atoms with Gasteiger partial charge in [-0.15, -0.1) is 0 Å². The second-order valence-corrected chi connectivity index (χ2v) is 10.3. The summed E-state index contributed by atoms with van der Waals surface area (Å²) in [6.07, 6.45) is 1.91. The van der Waals surface area contributed by atoms with Crippen molar-refractivity contribution in [3.05, 3.63) is 46.7 Å². The molecular weight excluding hydrogens is 460 g/mol. The zero-order chi connectivity index (χ0) is 21.4. The van der Waals surface area contributed by atoms with E-state index in [4.69, 9.17) is 4.74 Å². The first-order chi connectivity index (χ1) is 13.4. The molecule has 1 aromatic carbocycles. The third kappa shape index (κ3) is 5.13. The number of rotatable bonds is 4. The number of alkyl carbamates (subject to hydrolysis) is 1. The first-order valence-electron chi connectivity index (χ1n) is 8.74. The molecule has 0 aliphatic carbocycles. The topological polar surface area (TPSA) is 103 Å². The third-order valence-electron chi connectivity index (χ3n) is 3.83. The Kier molecular flexibility index (Phi) is 5.68. The van der Waals surface area contributed by atoms with Gasteiger partial charge in [0.15, 0.2) is 0 Å². The number of carbonyl (C=O) groups is 1. The van der Waals surface area contributed by atoms with Crippen LogP contribution in [-0.2, 0) is 21.1 Å². The minimum Gasteiger partial charge on any atom is -0.444 e. The third-order valence-corrected chi connectivity index (χ3v) is 5.19. The Balaban J connectivity index is 2.06. The smallest absolute Gasteiger partial charge is 0.407 e. The maximum atomic E-state index is 12.1. The molecule has 10 heteroatoms. The van der Waals surface area contributed by atoms with Gasteiger partial charge in [0.1, 0.15) is 11.4 Å². The Morgan fingerprint density at radius 2 is 1.97 bits per heavy atom. The van der Waals surface area contributed by atoms with Gasteiger partial charge < -0.3 is 10.1 Å². The SMILES string of the molecule is CC(C)(C)OC(=O)NCc1cc2ccc(Br)cc2n1-c1ccnc(S(C)(=O)=O)n1. The van der Waals surface area contributed by atoms with Crippen LogP contribution in [0.15, 0.2) is 46.2 Å². The number of hydrogen-bond acceptors (Lipinski definition) is 6. The summed E-state index contributed by atoms with van der Waals surface area (Å²) in [6.45, 7) is 5.53. The van der Waals surface area contributed by atoms with Gasteiger partial charge in [0.2, 0.25) is 15.0 Å². The van der Waals surface area contributed by atoms with Gasteiger partial charge in [-0.25, -0.2) is 23.2 Å². The number of sulfone groups is 1. The van der Waals surface area contributed by atoms with E-state index in [-0.39, 0.29) is 11.7 Å². The van der Waals surface area contributed by atoms with Crippen LogP contribution < -0.4 is 5.32 Å². The van der Waals surface area contributed by atoms with Crippen LogP contribution in [0.3, 0.4) is 0 Å². The molecule has 0 fully saturated rings. The average molecular weight is 481 g/mol.